The molecular weight excluding hydrogens is 967 g/mol. The third-order valence-corrected chi connectivity index (χ3v) is 13.8. The van der Waals surface area contributed by atoms with Gasteiger partial charge in [0.05, 0.1) is 29.8 Å². The number of carbonyl (C=O) groups is 6. The number of aromatic amines is 1. The maximum absolute atomic E-state index is 15.7. The minimum Gasteiger partial charge on any atom is -0.444 e. The first-order valence-electron chi connectivity index (χ1n) is 25.4. The molecule has 8 atom stereocenters. The van der Waals surface area contributed by atoms with Crippen molar-refractivity contribution in [1.82, 2.24) is 44.8 Å². The lowest BCUT2D eigenvalue weighted by atomic mass is 9.99. The molecule has 2 aliphatic heterocycles. The van der Waals surface area contributed by atoms with E-state index in [9.17, 15) is 37.5 Å². The number of hydrogen-bond donors (Lipinski definition) is 3. The zero-order chi connectivity index (χ0) is 54.9. The summed E-state index contributed by atoms with van der Waals surface area (Å²) in [6.45, 7) is 18.0. The minimum atomic E-state index is -1.42. The van der Waals surface area contributed by atoms with Crippen LogP contribution in [-0.2, 0) is 41.6 Å². The van der Waals surface area contributed by atoms with Crippen molar-refractivity contribution in [2.75, 3.05) is 27.2 Å². The predicted molar refractivity (Wildman–Crippen MR) is 271 cm³/mol. The molecule has 4 heterocycles. The Bertz CT molecular complexity index is 2730. The van der Waals surface area contributed by atoms with Crippen LogP contribution in [0.15, 0.2) is 36.4 Å². The molecule has 6 amide bonds. The van der Waals surface area contributed by atoms with Gasteiger partial charge < -0.3 is 39.5 Å². The molecule has 17 nitrogen and oxygen atoms in total. The summed E-state index contributed by atoms with van der Waals surface area (Å²) in [5.41, 5.74) is 0.446. The molecule has 2 saturated heterocycles. The number of fused-ring (bicyclic) bond motifs is 2. The van der Waals surface area contributed by atoms with Gasteiger partial charge in [0.25, 0.3) is 0 Å². The van der Waals surface area contributed by atoms with E-state index in [0.29, 0.717) is 27.7 Å². The number of rotatable bonds is 16. The maximum atomic E-state index is 15.7. The summed E-state index contributed by atoms with van der Waals surface area (Å²) in [6.07, 6.45) is -3.94. The van der Waals surface area contributed by atoms with E-state index in [0.717, 1.165) is 9.80 Å². The number of imidazole rings is 1. The Kier molecular flexibility index (Phi) is 17.4. The van der Waals surface area contributed by atoms with Gasteiger partial charge in [-0.15, -0.1) is 0 Å². The molecule has 3 N–H and O–H groups in total. The molecule has 2 aromatic carbocycles. The molecule has 21 heteroatoms. The highest BCUT2D eigenvalue weighted by atomic mass is 19.1. The van der Waals surface area contributed by atoms with Gasteiger partial charge in [0.1, 0.15) is 59.3 Å². The fourth-order valence-electron chi connectivity index (χ4n) is 9.52. The van der Waals surface area contributed by atoms with Crippen molar-refractivity contribution >= 4 is 57.8 Å². The lowest BCUT2D eigenvalue weighted by Gasteiger charge is -2.33. The van der Waals surface area contributed by atoms with E-state index < -0.39 is 113 Å². The summed E-state index contributed by atoms with van der Waals surface area (Å²) < 4.78 is 73.7. The van der Waals surface area contributed by atoms with Crippen LogP contribution in [0.2, 0.25) is 0 Å². The molecule has 4 aromatic rings. The first-order valence-corrected chi connectivity index (χ1v) is 25.4. The van der Waals surface area contributed by atoms with Gasteiger partial charge in [0.15, 0.2) is 5.82 Å². The molecule has 0 unspecified atom stereocenters. The Morgan fingerprint density at radius 2 is 1.30 bits per heavy atom. The van der Waals surface area contributed by atoms with Gasteiger partial charge >= 0.3 is 12.2 Å². The topological polar surface area (TPSA) is 192 Å². The van der Waals surface area contributed by atoms with Crippen molar-refractivity contribution in [1.29, 1.82) is 0 Å². The van der Waals surface area contributed by atoms with Crippen LogP contribution in [0.25, 0.3) is 33.5 Å². The summed E-state index contributed by atoms with van der Waals surface area (Å²) in [7, 11) is 2.83. The monoisotopic (exact) mass is 1040 g/mol. The maximum Gasteiger partial charge on any atom is 0.410 e. The predicted octanol–water partition coefficient (Wildman–Crippen LogP) is 7.82. The van der Waals surface area contributed by atoms with Crippen LogP contribution < -0.4 is 10.6 Å². The van der Waals surface area contributed by atoms with Gasteiger partial charge in [-0.1, -0.05) is 20.8 Å². The van der Waals surface area contributed by atoms with Crippen LogP contribution in [0, 0.1) is 17.6 Å². The number of likely N-dealkylation sites (tertiary alicyclic amines) is 2. The van der Waals surface area contributed by atoms with E-state index in [-0.39, 0.29) is 63.1 Å². The summed E-state index contributed by atoms with van der Waals surface area (Å²) in [5, 5.41) is 6.09. The molecule has 406 valence electrons. The molecule has 0 radical (unpaired) electrons. The van der Waals surface area contributed by atoms with Crippen LogP contribution in [0.3, 0.4) is 0 Å². The van der Waals surface area contributed by atoms with Crippen LogP contribution >= 0.6 is 0 Å². The van der Waals surface area contributed by atoms with Crippen molar-refractivity contribution in [2.45, 2.75) is 175 Å². The Morgan fingerprint density at radius 1 is 0.770 bits per heavy atom. The van der Waals surface area contributed by atoms with Crippen molar-refractivity contribution < 1.29 is 55.8 Å². The number of benzene rings is 2. The fourth-order valence-corrected chi connectivity index (χ4v) is 9.52. The lowest BCUT2D eigenvalue weighted by molar-refractivity contribution is -0.139. The number of halogens is 4. The number of nitrogens with zero attached hydrogens (tertiary/aromatic N) is 6. The number of aryl methyl sites for hydroxylation is 1. The van der Waals surface area contributed by atoms with Crippen LogP contribution in [0.1, 0.15) is 107 Å². The number of H-pyrrole nitrogens is 1. The summed E-state index contributed by atoms with van der Waals surface area (Å²) >= 11 is 0. The quantitative estimate of drug-likeness (QED) is 0.0940. The van der Waals surface area contributed by atoms with E-state index in [1.807, 2.05) is 0 Å². The average Bonchev–Trinajstić information content (AvgIpc) is 4.07. The lowest BCUT2D eigenvalue weighted by Crippen LogP contribution is -2.56. The van der Waals surface area contributed by atoms with Crippen LogP contribution in [0.5, 0.6) is 0 Å². The Balaban J connectivity index is 1.29. The molecule has 2 aliphatic rings. The van der Waals surface area contributed by atoms with Gasteiger partial charge in [0, 0.05) is 62.5 Å². The van der Waals surface area contributed by atoms with E-state index in [2.05, 4.69) is 15.6 Å². The van der Waals surface area contributed by atoms with Gasteiger partial charge in [-0.3, -0.25) is 29.0 Å². The third kappa shape index (κ3) is 13.1. The second-order valence-corrected chi connectivity index (χ2v) is 22.1. The van der Waals surface area contributed by atoms with Crippen molar-refractivity contribution in [3.05, 3.63) is 53.6 Å². The first-order chi connectivity index (χ1) is 34.5. The summed E-state index contributed by atoms with van der Waals surface area (Å²) in [5.74, 6) is -3.51. The average molecular weight is 1040 g/mol. The van der Waals surface area contributed by atoms with E-state index in [4.69, 9.17) is 14.5 Å². The van der Waals surface area contributed by atoms with Crippen molar-refractivity contribution in [2.24, 2.45) is 5.92 Å². The van der Waals surface area contributed by atoms with Crippen LogP contribution in [0.4, 0.5) is 27.2 Å². The molecule has 2 fully saturated rings. The van der Waals surface area contributed by atoms with E-state index >= 15 is 8.78 Å². The molecule has 0 aliphatic carbocycles. The first kappa shape index (κ1) is 56.9. The number of carbonyl (C=O) groups excluding carboxylic acids is 6. The number of amides is 6. The third-order valence-electron chi connectivity index (χ3n) is 13.8. The van der Waals surface area contributed by atoms with Gasteiger partial charge in [-0.25, -0.2) is 32.1 Å². The van der Waals surface area contributed by atoms with Crippen molar-refractivity contribution in [3.8, 4) is 11.5 Å². The molecule has 74 heavy (non-hydrogen) atoms. The molecule has 6 rings (SSSR count). The van der Waals surface area contributed by atoms with E-state index in [1.165, 1.54) is 62.0 Å². The number of nitrogens with one attached hydrogen (secondary N) is 3. The highest BCUT2D eigenvalue weighted by Gasteiger charge is 2.42. The Labute approximate surface area is 430 Å². The molecular formula is C53H73F4N9O8. The number of alkyl halides is 2. The normalized spacial score (nSPS) is 19.9. The van der Waals surface area contributed by atoms with Gasteiger partial charge in [-0.2, -0.15) is 0 Å². The standard InChI is InChI=1S/C53H73F4N9O8/c1-14-39(60-46(67)29(4)62(12)50(71)73-52(6,7)8)48(69)66-27-34(57)22-36(66)25-38-37-17-15-31(54)23-40(37)58-44(38)45-59-41-24-32(55)16-18-42(41)64(45)20-19-35-21-33(56)26-65(35)49(70)43(28(2)3)61-47(68)30(5)63(13)51(72)74-53(9,10)11/h15-18,23-24,28-30,33-36,39,43,58H,14,19-22,25-27H2,1-13H3,(H,60,67)(H,61,68)/t29-,30-,33-,34-,35+,36-,39-,43-/m0/s1. The van der Waals surface area contributed by atoms with Crippen LogP contribution in [-0.4, -0.2) is 157 Å². The summed E-state index contributed by atoms with van der Waals surface area (Å²) in [6, 6.07) is 2.63. The van der Waals surface area contributed by atoms with Gasteiger partial charge in [-0.05, 0) is 116 Å². The molecule has 0 spiro atoms. The Hall–Kier alpha value is -6.41. The number of likely N-dealkylation sites (N-methyl/N-ethyl adjacent to an activating group) is 2. The second kappa shape index (κ2) is 22.6. The SMILES string of the molecule is CC[C@H](NC(=O)[C@H](C)N(C)C(=O)OC(C)(C)C)C(=O)N1C[C@@H](F)C[C@H]1Cc1c(-c2nc3cc(F)ccc3n2CC[C@@H]2C[C@H](F)CN2C(=O)[C@@H](NC(=O)[C@H](C)N(C)C(=O)OC(C)(C)C)C(C)C)[nH]c2cc(F)ccc12. The highest BCUT2D eigenvalue weighted by Crippen LogP contribution is 2.37. The largest absolute Gasteiger partial charge is 0.444 e. The minimum absolute atomic E-state index is 0.00963. The van der Waals surface area contributed by atoms with Gasteiger partial charge in [0.2, 0.25) is 23.6 Å². The Morgan fingerprint density at radius 3 is 1.85 bits per heavy atom. The van der Waals surface area contributed by atoms with E-state index in [1.54, 1.807) is 79.0 Å². The molecule has 0 bridgehead atoms. The zero-order valence-electron chi connectivity index (χ0n) is 44.8. The van der Waals surface area contributed by atoms with Crippen molar-refractivity contribution in [3.63, 3.8) is 0 Å². The smallest absolute Gasteiger partial charge is 0.410 e. The molecule has 0 saturated carbocycles. The second-order valence-electron chi connectivity index (χ2n) is 22.1. The fraction of sp³-hybridized carbons (Fsp3) is 0.604. The molecule has 2 aromatic heterocycles. The zero-order valence-corrected chi connectivity index (χ0v) is 44.8. The number of aromatic nitrogens is 3. The highest BCUT2D eigenvalue weighted by molar-refractivity contribution is 5.94. The number of ether oxygens (including phenoxy) is 2. The number of hydrogen-bond acceptors (Lipinski definition) is 9. The summed E-state index contributed by atoms with van der Waals surface area (Å²) in [4.78, 5) is 94.7.